The highest BCUT2D eigenvalue weighted by atomic mass is 32.1. The Bertz CT molecular complexity index is 601. The van der Waals surface area contributed by atoms with Gasteiger partial charge in [0.25, 0.3) is 5.91 Å². The van der Waals surface area contributed by atoms with E-state index in [0.717, 1.165) is 11.1 Å². The second-order valence-corrected chi connectivity index (χ2v) is 5.99. The highest BCUT2D eigenvalue weighted by Gasteiger charge is 2.14. The van der Waals surface area contributed by atoms with E-state index >= 15 is 0 Å². The maximum absolute atomic E-state index is 12.4. The molecule has 0 atom stereocenters. The Kier molecular flexibility index (Phi) is 4.05. The summed E-state index contributed by atoms with van der Waals surface area (Å²) in [6.45, 7) is 6.85. The van der Waals surface area contributed by atoms with Crippen LogP contribution in [0.4, 0.5) is 0 Å². The van der Waals surface area contributed by atoms with E-state index in [9.17, 15) is 4.79 Å². The van der Waals surface area contributed by atoms with E-state index in [2.05, 4.69) is 25.3 Å². The maximum atomic E-state index is 12.4. The van der Waals surface area contributed by atoms with Gasteiger partial charge in [0.05, 0.1) is 6.54 Å². The van der Waals surface area contributed by atoms with Crippen molar-refractivity contribution >= 4 is 17.2 Å². The predicted octanol–water partition coefficient (Wildman–Crippen LogP) is 3.95. The van der Waals surface area contributed by atoms with Gasteiger partial charge in [-0.25, -0.2) is 0 Å². The molecule has 1 aromatic heterocycles. The van der Waals surface area contributed by atoms with Crippen molar-refractivity contribution in [1.29, 1.82) is 0 Å². The van der Waals surface area contributed by atoms with E-state index in [-0.39, 0.29) is 5.91 Å². The lowest BCUT2D eigenvalue weighted by molar-refractivity contribution is 0.0786. The Morgan fingerprint density at radius 2 is 1.84 bits per heavy atom. The first kappa shape index (κ1) is 13.8. The predicted molar refractivity (Wildman–Crippen MR) is 80.8 cm³/mol. The molecule has 3 heteroatoms. The molecule has 0 unspecified atom stereocenters. The van der Waals surface area contributed by atoms with E-state index in [1.165, 1.54) is 16.0 Å². The molecule has 0 aliphatic rings. The molecule has 2 aromatic rings. The topological polar surface area (TPSA) is 20.3 Å². The molecule has 0 spiro atoms. The molecular weight excluding hydrogens is 254 g/mol. The number of thiophene rings is 1. The van der Waals surface area contributed by atoms with Crippen LogP contribution in [-0.2, 0) is 6.54 Å². The molecule has 1 aromatic carbocycles. The summed E-state index contributed by atoms with van der Waals surface area (Å²) in [7, 11) is 1.86. The van der Waals surface area contributed by atoms with Crippen LogP contribution in [0.25, 0.3) is 0 Å². The molecule has 0 saturated carbocycles. The average Bonchev–Trinajstić information content (AvgIpc) is 2.77. The number of aryl methyl sites for hydroxylation is 3. The molecule has 0 N–H and O–H groups in total. The Morgan fingerprint density at radius 3 is 2.42 bits per heavy atom. The van der Waals surface area contributed by atoms with Gasteiger partial charge in [-0.1, -0.05) is 6.07 Å². The third kappa shape index (κ3) is 3.04. The van der Waals surface area contributed by atoms with Gasteiger partial charge >= 0.3 is 0 Å². The van der Waals surface area contributed by atoms with Gasteiger partial charge in [0.2, 0.25) is 0 Å². The number of carbonyl (C=O) groups excluding carboxylic acids is 1. The lowest BCUT2D eigenvalue weighted by Crippen LogP contribution is -2.26. The van der Waals surface area contributed by atoms with Gasteiger partial charge in [-0.15, -0.1) is 11.3 Å². The van der Waals surface area contributed by atoms with Crippen LogP contribution in [0, 0.1) is 20.8 Å². The summed E-state index contributed by atoms with van der Waals surface area (Å²) in [6.07, 6.45) is 0. The zero-order valence-corrected chi connectivity index (χ0v) is 12.7. The first-order chi connectivity index (χ1) is 8.99. The number of hydrogen-bond donors (Lipinski definition) is 0. The fourth-order valence-electron chi connectivity index (χ4n) is 1.95. The molecule has 0 radical (unpaired) electrons. The second-order valence-electron chi connectivity index (χ2n) is 4.99. The van der Waals surface area contributed by atoms with E-state index in [4.69, 9.17) is 0 Å². The molecule has 1 heterocycles. The van der Waals surface area contributed by atoms with E-state index in [1.807, 2.05) is 32.2 Å². The lowest BCUT2D eigenvalue weighted by Gasteiger charge is -2.17. The fourth-order valence-corrected chi connectivity index (χ4v) is 2.91. The van der Waals surface area contributed by atoms with Crippen LogP contribution in [0.3, 0.4) is 0 Å². The van der Waals surface area contributed by atoms with Crippen molar-refractivity contribution < 1.29 is 4.79 Å². The van der Waals surface area contributed by atoms with Gasteiger partial charge in [-0.2, -0.15) is 0 Å². The summed E-state index contributed by atoms with van der Waals surface area (Å²) in [4.78, 5) is 15.4. The van der Waals surface area contributed by atoms with Crippen molar-refractivity contribution in [1.82, 2.24) is 4.90 Å². The smallest absolute Gasteiger partial charge is 0.253 e. The van der Waals surface area contributed by atoms with Gasteiger partial charge in [0.1, 0.15) is 0 Å². The fraction of sp³-hybridized carbons (Fsp3) is 0.312. The molecule has 100 valence electrons. The number of rotatable bonds is 3. The highest BCUT2D eigenvalue weighted by Crippen LogP contribution is 2.19. The summed E-state index contributed by atoms with van der Waals surface area (Å²) >= 11 is 1.70. The number of benzene rings is 1. The van der Waals surface area contributed by atoms with Crippen molar-refractivity contribution in [2.24, 2.45) is 0 Å². The number of carbonyl (C=O) groups is 1. The van der Waals surface area contributed by atoms with E-state index in [1.54, 1.807) is 16.2 Å². The van der Waals surface area contributed by atoms with Crippen molar-refractivity contribution in [3.63, 3.8) is 0 Å². The zero-order chi connectivity index (χ0) is 14.0. The highest BCUT2D eigenvalue weighted by molar-refractivity contribution is 7.10. The van der Waals surface area contributed by atoms with Crippen LogP contribution in [0.1, 0.15) is 31.9 Å². The summed E-state index contributed by atoms with van der Waals surface area (Å²) in [5.41, 5.74) is 4.39. The van der Waals surface area contributed by atoms with Crippen LogP contribution in [0.15, 0.2) is 29.6 Å². The quantitative estimate of drug-likeness (QED) is 0.829. The maximum Gasteiger partial charge on any atom is 0.253 e. The second kappa shape index (κ2) is 5.57. The first-order valence-electron chi connectivity index (χ1n) is 6.34. The molecule has 0 aliphatic carbocycles. The minimum atomic E-state index is 0.0795. The monoisotopic (exact) mass is 273 g/mol. The third-order valence-corrected chi connectivity index (χ3v) is 4.46. The minimum absolute atomic E-state index is 0.0795. The van der Waals surface area contributed by atoms with E-state index < -0.39 is 0 Å². The Morgan fingerprint density at radius 1 is 1.11 bits per heavy atom. The number of nitrogens with zero attached hydrogens (tertiary/aromatic N) is 1. The summed E-state index contributed by atoms with van der Waals surface area (Å²) in [5.74, 6) is 0.0795. The molecule has 2 rings (SSSR count). The third-order valence-electron chi connectivity index (χ3n) is 3.45. The van der Waals surface area contributed by atoms with Crippen molar-refractivity contribution in [2.45, 2.75) is 27.3 Å². The Balaban J connectivity index is 2.15. The lowest BCUT2D eigenvalue weighted by atomic mass is 10.1. The van der Waals surface area contributed by atoms with Crippen LogP contribution in [0.5, 0.6) is 0 Å². The van der Waals surface area contributed by atoms with Gasteiger partial charge in [-0.05, 0) is 61.0 Å². The van der Waals surface area contributed by atoms with Gasteiger partial charge in [0, 0.05) is 17.5 Å². The number of hydrogen-bond acceptors (Lipinski definition) is 2. The zero-order valence-electron chi connectivity index (χ0n) is 11.9. The molecule has 0 saturated heterocycles. The van der Waals surface area contributed by atoms with Crippen molar-refractivity contribution in [3.05, 3.63) is 56.8 Å². The summed E-state index contributed by atoms with van der Waals surface area (Å²) in [5, 5.41) is 2.07. The largest absolute Gasteiger partial charge is 0.337 e. The van der Waals surface area contributed by atoms with Crippen LogP contribution >= 0.6 is 11.3 Å². The van der Waals surface area contributed by atoms with E-state index in [0.29, 0.717) is 6.54 Å². The van der Waals surface area contributed by atoms with Crippen molar-refractivity contribution in [2.75, 3.05) is 7.05 Å². The Hall–Kier alpha value is -1.61. The first-order valence-corrected chi connectivity index (χ1v) is 7.22. The molecule has 0 aliphatic heterocycles. The van der Waals surface area contributed by atoms with Crippen LogP contribution in [-0.4, -0.2) is 17.9 Å². The van der Waals surface area contributed by atoms with Gasteiger partial charge < -0.3 is 4.90 Å². The summed E-state index contributed by atoms with van der Waals surface area (Å²) in [6, 6.07) is 7.97. The number of amides is 1. The van der Waals surface area contributed by atoms with Crippen LogP contribution < -0.4 is 0 Å². The molecule has 2 nitrogen and oxygen atoms in total. The molecule has 19 heavy (non-hydrogen) atoms. The molecular formula is C16H19NOS. The molecule has 0 bridgehead atoms. The minimum Gasteiger partial charge on any atom is -0.337 e. The van der Waals surface area contributed by atoms with Crippen LogP contribution in [0.2, 0.25) is 0 Å². The van der Waals surface area contributed by atoms with Crippen molar-refractivity contribution in [3.8, 4) is 0 Å². The normalized spacial score (nSPS) is 10.5. The average molecular weight is 273 g/mol. The SMILES string of the molecule is Cc1ccc(C(=O)N(C)Cc2sccc2C)cc1C. The standard InChI is InChI=1S/C16H19NOS/c1-11-5-6-14(9-13(11)3)16(18)17(4)10-15-12(2)7-8-19-15/h5-9H,10H2,1-4H3. The van der Waals surface area contributed by atoms with Gasteiger partial charge in [-0.3, -0.25) is 4.79 Å². The van der Waals surface area contributed by atoms with Gasteiger partial charge in [0.15, 0.2) is 0 Å². The Labute approximate surface area is 118 Å². The summed E-state index contributed by atoms with van der Waals surface area (Å²) < 4.78 is 0. The molecule has 1 amide bonds. The molecule has 0 fully saturated rings.